The summed E-state index contributed by atoms with van der Waals surface area (Å²) in [6.07, 6.45) is -0.764. The minimum absolute atomic E-state index is 0.0109. The van der Waals surface area contributed by atoms with Crippen LogP contribution in [-0.2, 0) is 4.79 Å². The Bertz CT molecular complexity index is 552. The van der Waals surface area contributed by atoms with E-state index < -0.39 is 24.1 Å². The van der Waals surface area contributed by atoms with Crippen LogP contribution in [0.3, 0.4) is 0 Å². The number of nitrogens with zero attached hydrogens (tertiary/aromatic N) is 1. The number of rotatable bonds is 2. The summed E-state index contributed by atoms with van der Waals surface area (Å²) in [7, 11) is 0. The number of benzene rings is 1. The molecule has 2 rings (SSSR count). The first-order valence-electron chi connectivity index (χ1n) is 5.82. The van der Waals surface area contributed by atoms with Crippen LogP contribution in [0, 0.1) is 0 Å². The molecule has 2 unspecified atom stereocenters. The molecular weight excluding hydrogens is 396 g/mol. The molecule has 3 N–H and O–H groups in total. The molecule has 1 aromatic rings. The monoisotopic (exact) mass is 406 g/mol. The summed E-state index contributed by atoms with van der Waals surface area (Å²) in [6.45, 7) is 0.0109. The van der Waals surface area contributed by atoms with Crippen LogP contribution in [0.1, 0.15) is 6.42 Å². The Balaban J connectivity index is 2.13. The van der Waals surface area contributed by atoms with Gasteiger partial charge < -0.3 is 20.4 Å². The molecule has 108 valence electrons. The number of hydrogen-bond acceptors (Lipinski definition) is 3. The lowest BCUT2D eigenvalue weighted by molar-refractivity contribution is -0.141. The molecule has 0 aliphatic carbocycles. The van der Waals surface area contributed by atoms with Crippen LogP contribution >= 0.6 is 31.9 Å². The van der Waals surface area contributed by atoms with Crippen LogP contribution in [0.25, 0.3) is 0 Å². The molecule has 0 aromatic heterocycles. The molecule has 20 heavy (non-hydrogen) atoms. The highest BCUT2D eigenvalue weighted by atomic mass is 79.9. The van der Waals surface area contributed by atoms with Gasteiger partial charge in [-0.15, -0.1) is 0 Å². The van der Waals surface area contributed by atoms with Gasteiger partial charge in [0.1, 0.15) is 6.04 Å². The Morgan fingerprint density at radius 2 is 2.05 bits per heavy atom. The molecule has 1 aliphatic rings. The quantitative estimate of drug-likeness (QED) is 0.701. The zero-order valence-corrected chi connectivity index (χ0v) is 13.4. The summed E-state index contributed by atoms with van der Waals surface area (Å²) in [4.78, 5) is 24.3. The van der Waals surface area contributed by atoms with Gasteiger partial charge in [-0.2, -0.15) is 0 Å². The minimum Gasteiger partial charge on any atom is -0.480 e. The highest BCUT2D eigenvalue weighted by Crippen LogP contribution is 2.27. The van der Waals surface area contributed by atoms with E-state index in [-0.39, 0.29) is 13.0 Å². The van der Waals surface area contributed by atoms with Crippen LogP contribution in [0.15, 0.2) is 27.1 Å². The zero-order valence-electron chi connectivity index (χ0n) is 10.2. The Morgan fingerprint density at radius 3 is 2.65 bits per heavy atom. The summed E-state index contributed by atoms with van der Waals surface area (Å²) in [5.74, 6) is -1.12. The fourth-order valence-corrected chi connectivity index (χ4v) is 3.20. The number of carboxylic acids is 1. The predicted octanol–water partition coefficient (Wildman–Crippen LogP) is 2.26. The van der Waals surface area contributed by atoms with E-state index in [1.54, 1.807) is 18.2 Å². The molecular formula is C12H12Br2N2O4. The fourth-order valence-electron chi connectivity index (χ4n) is 2.05. The van der Waals surface area contributed by atoms with Crippen molar-refractivity contribution in [1.82, 2.24) is 4.90 Å². The van der Waals surface area contributed by atoms with Crippen molar-refractivity contribution >= 4 is 49.5 Å². The van der Waals surface area contributed by atoms with Crippen LogP contribution in [0.4, 0.5) is 10.5 Å². The Morgan fingerprint density at radius 1 is 1.35 bits per heavy atom. The smallest absolute Gasteiger partial charge is 0.326 e. The molecule has 0 bridgehead atoms. The van der Waals surface area contributed by atoms with Crippen molar-refractivity contribution in [1.29, 1.82) is 0 Å². The molecule has 1 saturated heterocycles. The zero-order chi connectivity index (χ0) is 14.9. The molecule has 8 heteroatoms. The largest absolute Gasteiger partial charge is 0.480 e. The molecule has 1 fully saturated rings. The van der Waals surface area contributed by atoms with Gasteiger partial charge >= 0.3 is 12.0 Å². The highest BCUT2D eigenvalue weighted by Gasteiger charge is 2.39. The number of carbonyl (C=O) groups excluding carboxylic acids is 1. The van der Waals surface area contributed by atoms with Crippen molar-refractivity contribution in [2.45, 2.75) is 18.6 Å². The molecule has 0 spiro atoms. The van der Waals surface area contributed by atoms with E-state index in [1.165, 1.54) is 0 Å². The maximum atomic E-state index is 12.1. The average Bonchev–Trinajstić information content (AvgIpc) is 2.75. The van der Waals surface area contributed by atoms with Crippen LogP contribution in [0.2, 0.25) is 0 Å². The molecule has 2 atom stereocenters. The average molecular weight is 408 g/mol. The number of β-amino-alcohol motifs (C(OH)–C–C–N with tert-alkyl or cyclic N) is 1. The second-order valence-corrected chi connectivity index (χ2v) is 6.22. The maximum absolute atomic E-state index is 12.1. The molecule has 1 aromatic carbocycles. The molecule has 2 amide bonds. The highest BCUT2D eigenvalue weighted by molar-refractivity contribution is 9.11. The number of amides is 2. The number of carbonyl (C=O) groups is 2. The van der Waals surface area contributed by atoms with Gasteiger partial charge in [-0.25, -0.2) is 9.59 Å². The Kier molecular flexibility index (Phi) is 4.66. The third-order valence-corrected chi connectivity index (χ3v) is 4.15. The van der Waals surface area contributed by atoms with E-state index >= 15 is 0 Å². The fraction of sp³-hybridized carbons (Fsp3) is 0.333. The standard InChI is InChI=1S/C12H12Br2N2O4/c13-6-1-2-9(8(14)3-6)15-12(20)16-5-7(17)4-10(16)11(18)19/h1-3,7,10,17H,4-5H2,(H,15,20)(H,18,19). The number of anilines is 1. The molecule has 1 heterocycles. The first-order valence-corrected chi connectivity index (χ1v) is 7.40. The summed E-state index contributed by atoms with van der Waals surface area (Å²) in [6, 6.07) is 3.67. The van der Waals surface area contributed by atoms with E-state index in [1.807, 2.05) is 0 Å². The number of urea groups is 1. The van der Waals surface area contributed by atoms with Gasteiger partial charge in [0.25, 0.3) is 0 Å². The lowest BCUT2D eigenvalue weighted by atomic mass is 10.2. The molecule has 1 aliphatic heterocycles. The van der Waals surface area contributed by atoms with E-state index in [9.17, 15) is 14.7 Å². The Hall–Kier alpha value is -1.12. The first-order chi connectivity index (χ1) is 9.38. The van der Waals surface area contributed by atoms with Gasteiger partial charge in [0, 0.05) is 21.9 Å². The van der Waals surface area contributed by atoms with Gasteiger partial charge in [0.15, 0.2) is 0 Å². The van der Waals surface area contributed by atoms with E-state index in [0.717, 1.165) is 9.37 Å². The van der Waals surface area contributed by atoms with Crippen LogP contribution in [0.5, 0.6) is 0 Å². The summed E-state index contributed by atoms with van der Waals surface area (Å²) < 4.78 is 1.52. The lowest BCUT2D eigenvalue weighted by Gasteiger charge is -2.22. The normalized spacial score (nSPS) is 21.9. The number of aliphatic carboxylic acids is 1. The summed E-state index contributed by atoms with van der Waals surface area (Å²) in [5.41, 5.74) is 0.531. The van der Waals surface area contributed by atoms with Crippen LogP contribution in [-0.4, -0.2) is 45.8 Å². The van der Waals surface area contributed by atoms with Gasteiger partial charge in [-0.1, -0.05) is 15.9 Å². The third-order valence-electron chi connectivity index (χ3n) is 3.00. The number of carboxylic acid groups (broad SMARTS) is 1. The lowest BCUT2D eigenvalue weighted by Crippen LogP contribution is -2.43. The van der Waals surface area contributed by atoms with Gasteiger partial charge in [0.05, 0.1) is 11.8 Å². The van der Waals surface area contributed by atoms with E-state index in [0.29, 0.717) is 10.2 Å². The van der Waals surface area contributed by atoms with Crippen molar-refractivity contribution in [2.24, 2.45) is 0 Å². The molecule has 6 nitrogen and oxygen atoms in total. The Labute approximate surface area is 132 Å². The number of aliphatic hydroxyl groups is 1. The number of aliphatic hydroxyl groups excluding tert-OH is 1. The number of hydrogen-bond donors (Lipinski definition) is 3. The SMILES string of the molecule is O=C(O)C1CC(O)CN1C(=O)Nc1ccc(Br)cc1Br. The summed E-state index contributed by atoms with van der Waals surface area (Å²) >= 11 is 6.61. The first kappa shape index (κ1) is 15.3. The maximum Gasteiger partial charge on any atom is 0.326 e. The second-order valence-electron chi connectivity index (χ2n) is 4.45. The van der Waals surface area contributed by atoms with Crippen molar-refractivity contribution in [3.8, 4) is 0 Å². The van der Waals surface area contributed by atoms with Crippen molar-refractivity contribution < 1.29 is 19.8 Å². The van der Waals surface area contributed by atoms with E-state index in [4.69, 9.17) is 5.11 Å². The number of nitrogens with one attached hydrogen (secondary N) is 1. The van der Waals surface area contributed by atoms with Gasteiger partial charge in [-0.05, 0) is 34.1 Å². The minimum atomic E-state index is -1.12. The van der Waals surface area contributed by atoms with E-state index in [2.05, 4.69) is 37.2 Å². The van der Waals surface area contributed by atoms with Gasteiger partial charge in [0.2, 0.25) is 0 Å². The molecule has 0 radical (unpaired) electrons. The summed E-state index contributed by atoms with van der Waals surface area (Å²) in [5, 5.41) is 21.2. The molecule has 0 saturated carbocycles. The van der Waals surface area contributed by atoms with Crippen molar-refractivity contribution in [2.75, 3.05) is 11.9 Å². The topological polar surface area (TPSA) is 89.9 Å². The number of likely N-dealkylation sites (tertiary alicyclic amines) is 1. The van der Waals surface area contributed by atoms with Crippen molar-refractivity contribution in [3.63, 3.8) is 0 Å². The van der Waals surface area contributed by atoms with Crippen LogP contribution < -0.4 is 5.32 Å². The third kappa shape index (κ3) is 3.31. The predicted molar refractivity (Wildman–Crippen MR) is 79.6 cm³/mol. The van der Waals surface area contributed by atoms with Crippen molar-refractivity contribution in [3.05, 3.63) is 27.1 Å². The second kappa shape index (κ2) is 6.11. The van der Waals surface area contributed by atoms with Gasteiger partial charge in [-0.3, -0.25) is 0 Å². The number of halogens is 2.